The van der Waals surface area contributed by atoms with Crippen LogP contribution in [0.15, 0.2) is 0 Å². The lowest BCUT2D eigenvalue weighted by Crippen LogP contribution is -2.40. The minimum atomic E-state index is -0.696. The summed E-state index contributed by atoms with van der Waals surface area (Å²) in [7, 11) is 0. The molecular formula is C8H14FN. The zero-order valence-electron chi connectivity index (χ0n) is 6.09. The molecule has 2 bridgehead atoms. The first-order valence-corrected chi connectivity index (χ1v) is 4.17. The number of rotatable bonds is 0. The third-order valence-electron chi connectivity index (χ3n) is 3.05. The third-order valence-corrected chi connectivity index (χ3v) is 3.05. The highest BCUT2D eigenvalue weighted by molar-refractivity contribution is 4.93. The first-order valence-electron chi connectivity index (χ1n) is 4.17. The van der Waals surface area contributed by atoms with Gasteiger partial charge in [0.1, 0.15) is 6.17 Å². The zero-order chi connectivity index (χ0) is 7.14. The summed E-state index contributed by atoms with van der Waals surface area (Å²) in [5.74, 6) is 1.07. The van der Waals surface area contributed by atoms with Gasteiger partial charge in [0, 0.05) is 6.04 Å². The molecule has 2 saturated carbocycles. The van der Waals surface area contributed by atoms with Gasteiger partial charge in [-0.15, -0.1) is 0 Å². The number of hydrogen-bond donors (Lipinski definition) is 1. The van der Waals surface area contributed by atoms with E-state index in [0.29, 0.717) is 5.92 Å². The highest BCUT2D eigenvalue weighted by Gasteiger charge is 2.40. The maximum absolute atomic E-state index is 13.1. The molecular weight excluding hydrogens is 129 g/mol. The standard InChI is InChI=1S/C8H14FN/c9-8-6-2-1-5(3-6)4-7(8)10/h5-8H,1-4,10H2/t5-,6+,7+,8-/m1/s1. The molecule has 0 saturated heterocycles. The van der Waals surface area contributed by atoms with E-state index in [-0.39, 0.29) is 6.04 Å². The van der Waals surface area contributed by atoms with E-state index < -0.39 is 6.17 Å². The summed E-state index contributed by atoms with van der Waals surface area (Å²) in [6.45, 7) is 0. The van der Waals surface area contributed by atoms with Crippen LogP contribution in [0.3, 0.4) is 0 Å². The molecule has 0 unspecified atom stereocenters. The largest absolute Gasteiger partial charge is 0.325 e. The monoisotopic (exact) mass is 143 g/mol. The van der Waals surface area contributed by atoms with Crippen LogP contribution in [0.5, 0.6) is 0 Å². The number of fused-ring (bicyclic) bond motifs is 2. The van der Waals surface area contributed by atoms with Crippen LogP contribution in [0.1, 0.15) is 25.7 Å². The Hall–Kier alpha value is -0.110. The topological polar surface area (TPSA) is 26.0 Å². The van der Waals surface area contributed by atoms with Crippen molar-refractivity contribution < 1.29 is 4.39 Å². The van der Waals surface area contributed by atoms with Crippen molar-refractivity contribution in [2.75, 3.05) is 0 Å². The predicted molar refractivity (Wildman–Crippen MR) is 38.3 cm³/mol. The SMILES string of the molecule is N[C@H]1C[C@@H]2CC[C@@H](C2)[C@H]1F. The summed E-state index contributed by atoms with van der Waals surface area (Å²) >= 11 is 0. The fourth-order valence-electron chi connectivity index (χ4n) is 2.48. The van der Waals surface area contributed by atoms with Crippen LogP contribution in [0.2, 0.25) is 0 Å². The van der Waals surface area contributed by atoms with Gasteiger partial charge in [-0.05, 0) is 31.1 Å². The van der Waals surface area contributed by atoms with Crippen LogP contribution >= 0.6 is 0 Å². The second kappa shape index (κ2) is 2.19. The van der Waals surface area contributed by atoms with E-state index in [1.165, 1.54) is 6.42 Å². The van der Waals surface area contributed by atoms with Gasteiger partial charge in [0.25, 0.3) is 0 Å². The Morgan fingerprint density at radius 1 is 1.20 bits per heavy atom. The molecule has 0 radical (unpaired) electrons. The van der Waals surface area contributed by atoms with Crippen LogP contribution in [-0.4, -0.2) is 12.2 Å². The quantitative estimate of drug-likeness (QED) is 0.546. The van der Waals surface area contributed by atoms with Crippen molar-refractivity contribution in [1.29, 1.82) is 0 Å². The van der Waals surface area contributed by atoms with E-state index in [1.54, 1.807) is 0 Å². The normalized spacial score (nSPS) is 53.4. The lowest BCUT2D eigenvalue weighted by Gasteiger charge is -2.28. The van der Waals surface area contributed by atoms with E-state index in [4.69, 9.17) is 5.73 Å². The van der Waals surface area contributed by atoms with Gasteiger partial charge in [-0.2, -0.15) is 0 Å². The first-order chi connectivity index (χ1) is 4.77. The van der Waals surface area contributed by atoms with Gasteiger partial charge < -0.3 is 5.73 Å². The molecule has 0 spiro atoms. The van der Waals surface area contributed by atoms with E-state index in [9.17, 15) is 4.39 Å². The van der Waals surface area contributed by atoms with Crippen molar-refractivity contribution in [1.82, 2.24) is 0 Å². The third kappa shape index (κ3) is 0.858. The van der Waals surface area contributed by atoms with Gasteiger partial charge in [-0.1, -0.05) is 6.42 Å². The minimum absolute atomic E-state index is 0.147. The first kappa shape index (κ1) is 6.59. The average molecular weight is 143 g/mol. The molecule has 2 fully saturated rings. The molecule has 58 valence electrons. The summed E-state index contributed by atoms with van der Waals surface area (Å²) < 4.78 is 13.1. The van der Waals surface area contributed by atoms with Crippen molar-refractivity contribution in [3.05, 3.63) is 0 Å². The van der Waals surface area contributed by atoms with Gasteiger partial charge >= 0.3 is 0 Å². The van der Waals surface area contributed by atoms with Crippen LogP contribution in [0, 0.1) is 11.8 Å². The van der Waals surface area contributed by atoms with Gasteiger partial charge in [-0.3, -0.25) is 0 Å². The molecule has 2 N–H and O–H groups in total. The Morgan fingerprint density at radius 2 is 2.00 bits per heavy atom. The average Bonchev–Trinajstić information content (AvgIpc) is 2.29. The minimum Gasteiger partial charge on any atom is -0.325 e. The number of hydrogen-bond acceptors (Lipinski definition) is 1. The molecule has 0 aromatic heterocycles. The van der Waals surface area contributed by atoms with Gasteiger partial charge in [0.15, 0.2) is 0 Å². The molecule has 1 nitrogen and oxygen atoms in total. The number of halogens is 1. The number of alkyl halides is 1. The summed E-state index contributed by atoms with van der Waals surface area (Å²) in [4.78, 5) is 0. The fraction of sp³-hybridized carbons (Fsp3) is 1.00. The Morgan fingerprint density at radius 3 is 2.80 bits per heavy atom. The summed E-state index contributed by atoms with van der Waals surface area (Å²) in [5.41, 5.74) is 5.62. The molecule has 2 aliphatic rings. The van der Waals surface area contributed by atoms with Crippen LogP contribution in [0.4, 0.5) is 4.39 Å². The second-order valence-corrected chi connectivity index (χ2v) is 3.78. The Bertz CT molecular complexity index is 137. The Kier molecular flexibility index (Phi) is 1.44. The van der Waals surface area contributed by atoms with Gasteiger partial charge in [0.05, 0.1) is 0 Å². The van der Waals surface area contributed by atoms with Gasteiger partial charge in [0.2, 0.25) is 0 Å². The highest BCUT2D eigenvalue weighted by Crippen LogP contribution is 2.42. The molecule has 0 aromatic carbocycles. The molecule has 2 heteroatoms. The van der Waals surface area contributed by atoms with Crippen molar-refractivity contribution in [2.24, 2.45) is 17.6 Å². The Balaban J connectivity index is 2.09. The summed E-state index contributed by atoms with van der Waals surface area (Å²) in [6, 6.07) is -0.147. The number of nitrogens with two attached hydrogens (primary N) is 1. The molecule has 0 aliphatic heterocycles. The molecule has 2 aliphatic carbocycles. The van der Waals surface area contributed by atoms with E-state index >= 15 is 0 Å². The van der Waals surface area contributed by atoms with Crippen molar-refractivity contribution >= 4 is 0 Å². The van der Waals surface area contributed by atoms with Crippen LogP contribution in [0.25, 0.3) is 0 Å². The second-order valence-electron chi connectivity index (χ2n) is 3.78. The lowest BCUT2D eigenvalue weighted by molar-refractivity contribution is 0.148. The smallest absolute Gasteiger partial charge is 0.118 e. The summed E-state index contributed by atoms with van der Waals surface area (Å²) in [5, 5.41) is 0. The molecule has 0 amide bonds. The van der Waals surface area contributed by atoms with Gasteiger partial charge in [-0.25, -0.2) is 4.39 Å². The van der Waals surface area contributed by atoms with Crippen LogP contribution < -0.4 is 5.73 Å². The van der Waals surface area contributed by atoms with E-state index in [0.717, 1.165) is 25.2 Å². The highest BCUT2D eigenvalue weighted by atomic mass is 19.1. The maximum Gasteiger partial charge on any atom is 0.118 e. The van der Waals surface area contributed by atoms with Crippen molar-refractivity contribution in [3.63, 3.8) is 0 Å². The lowest BCUT2D eigenvalue weighted by atomic mass is 9.84. The van der Waals surface area contributed by atoms with E-state index in [1.807, 2.05) is 0 Å². The van der Waals surface area contributed by atoms with E-state index in [2.05, 4.69) is 0 Å². The molecule has 0 heterocycles. The Labute approximate surface area is 60.8 Å². The van der Waals surface area contributed by atoms with Crippen LogP contribution in [-0.2, 0) is 0 Å². The molecule has 0 aromatic rings. The van der Waals surface area contributed by atoms with Crippen molar-refractivity contribution in [2.45, 2.75) is 37.9 Å². The molecule has 2 rings (SSSR count). The molecule has 10 heavy (non-hydrogen) atoms. The van der Waals surface area contributed by atoms with Crippen molar-refractivity contribution in [3.8, 4) is 0 Å². The predicted octanol–water partition coefficient (Wildman–Crippen LogP) is 1.47. The zero-order valence-corrected chi connectivity index (χ0v) is 6.09. The fourth-order valence-corrected chi connectivity index (χ4v) is 2.48. The summed E-state index contributed by atoms with van der Waals surface area (Å²) in [6.07, 6.45) is 3.64. The molecule has 4 atom stereocenters. The maximum atomic E-state index is 13.1.